The molecule has 104 valence electrons. The molecule has 0 N–H and O–H groups in total. The molecule has 1 saturated heterocycles. The molecule has 1 aliphatic rings. The number of hydrogen-bond acceptors (Lipinski definition) is 4. The van der Waals surface area contributed by atoms with Crippen molar-refractivity contribution >= 4 is 12.1 Å². The third-order valence-electron chi connectivity index (χ3n) is 3.12. The van der Waals surface area contributed by atoms with Crippen molar-refractivity contribution in [3.63, 3.8) is 0 Å². The maximum atomic E-state index is 12.0. The summed E-state index contributed by atoms with van der Waals surface area (Å²) < 4.78 is 10.1. The Morgan fingerprint density at radius 3 is 2.39 bits per heavy atom. The lowest BCUT2D eigenvalue weighted by Gasteiger charge is -2.28. The Morgan fingerprint density at radius 2 is 1.94 bits per heavy atom. The van der Waals surface area contributed by atoms with Gasteiger partial charge < -0.3 is 9.47 Å². The van der Waals surface area contributed by atoms with Crippen LogP contribution in [0.15, 0.2) is 0 Å². The largest absolute Gasteiger partial charge is 0.467 e. The number of amides is 1. The van der Waals surface area contributed by atoms with Gasteiger partial charge in [0.05, 0.1) is 7.11 Å². The number of rotatable bonds is 2. The van der Waals surface area contributed by atoms with Crippen molar-refractivity contribution in [1.82, 2.24) is 4.90 Å². The summed E-state index contributed by atoms with van der Waals surface area (Å²) in [6, 6.07) is -0.505. The molecule has 1 aliphatic heterocycles. The van der Waals surface area contributed by atoms with Gasteiger partial charge in [0.1, 0.15) is 11.6 Å². The molecular weight excluding hydrogens is 234 g/mol. The van der Waals surface area contributed by atoms with E-state index in [1.807, 2.05) is 27.7 Å². The number of nitrogens with zero attached hydrogens (tertiary/aromatic N) is 1. The highest BCUT2D eigenvalue weighted by molar-refractivity contribution is 5.82. The fraction of sp³-hybridized carbons (Fsp3) is 0.846. The predicted molar refractivity (Wildman–Crippen MR) is 67.1 cm³/mol. The lowest BCUT2D eigenvalue weighted by atomic mass is 9.98. The molecule has 0 aliphatic carbocycles. The summed E-state index contributed by atoms with van der Waals surface area (Å²) in [6.45, 7) is 7.99. The van der Waals surface area contributed by atoms with Crippen LogP contribution in [0.25, 0.3) is 0 Å². The Balaban J connectivity index is 2.81. The Bertz CT molecular complexity index is 321. The summed E-state index contributed by atoms with van der Waals surface area (Å²) >= 11 is 0. The Morgan fingerprint density at radius 1 is 1.33 bits per heavy atom. The van der Waals surface area contributed by atoms with E-state index in [1.54, 1.807) is 0 Å². The molecule has 1 amide bonds. The minimum Gasteiger partial charge on any atom is -0.467 e. The molecule has 0 aromatic carbocycles. The zero-order valence-corrected chi connectivity index (χ0v) is 11.9. The maximum Gasteiger partial charge on any atom is 0.411 e. The average molecular weight is 257 g/mol. The Labute approximate surface area is 108 Å². The van der Waals surface area contributed by atoms with Crippen LogP contribution in [-0.2, 0) is 14.3 Å². The van der Waals surface area contributed by atoms with Crippen LogP contribution in [0.5, 0.6) is 0 Å². The molecule has 1 fully saturated rings. The molecule has 18 heavy (non-hydrogen) atoms. The number of hydrogen-bond donors (Lipinski definition) is 0. The summed E-state index contributed by atoms with van der Waals surface area (Å²) in [7, 11) is 1.35. The molecule has 0 aromatic heterocycles. The summed E-state index contributed by atoms with van der Waals surface area (Å²) in [5, 5.41) is 0. The summed E-state index contributed by atoms with van der Waals surface area (Å²) in [4.78, 5) is 25.3. The van der Waals surface area contributed by atoms with E-state index in [0.29, 0.717) is 6.54 Å². The van der Waals surface area contributed by atoms with Crippen molar-refractivity contribution in [2.45, 2.75) is 52.2 Å². The van der Waals surface area contributed by atoms with Crippen LogP contribution in [0, 0.1) is 5.92 Å². The lowest BCUT2D eigenvalue weighted by Crippen LogP contribution is -2.46. The SMILES string of the molecule is CC[C@H]1CCN(C(=O)OC(C)(C)C)[C@H]1C(=O)OC. The molecule has 0 radical (unpaired) electrons. The smallest absolute Gasteiger partial charge is 0.411 e. The number of esters is 1. The van der Waals surface area contributed by atoms with E-state index in [-0.39, 0.29) is 11.9 Å². The fourth-order valence-electron chi connectivity index (χ4n) is 2.25. The third kappa shape index (κ3) is 3.37. The molecule has 0 saturated carbocycles. The van der Waals surface area contributed by atoms with Crippen LogP contribution in [0.2, 0.25) is 0 Å². The maximum absolute atomic E-state index is 12.0. The van der Waals surface area contributed by atoms with Crippen molar-refractivity contribution in [3.8, 4) is 0 Å². The van der Waals surface area contributed by atoms with Gasteiger partial charge >= 0.3 is 12.1 Å². The van der Waals surface area contributed by atoms with Gasteiger partial charge in [-0.1, -0.05) is 13.3 Å². The second-order valence-electron chi connectivity index (χ2n) is 5.60. The van der Waals surface area contributed by atoms with Crippen molar-refractivity contribution in [2.75, 3.05) is 13.7 Å². The van der Waals surface area contributed by atoms with Crippen molar-refractivity contribution < 1.29 is 19.1 Å². The zero-order valence-electron chi connectivity index (χ0n) is 11.9. The number of carbonyl (C=O) groups is 2. The van der Waals surface area contributed by atoms with E-state index in [4.69, 9.17) is 9.47 Å². The highest BCUT2D eigenvalue weighted by Crippen LogP contribution is 2.29. The number of likely N-dealkylation sites (tertiary alicyclic amines) is 1. The van der Waals surface area contributed by atoms with Crippen LogP contribution in [-0.4, -0.2) is 42.3 Å². The molecule has 0 spiro atoms. The molecule has 2 atom stereocenters. The van der Waals surface area contributed by atoms with Crippen LogP contribution in [0.4, 0.5) is 4.79 Å². The average Bonchev–Trinajstić information content (AvgIpc) is 2.69. The van der Waals surface area contributed by atoms with Crippen LogP contribution in [0.1, 0.15) is 40.5 Å². The van der Waals surface area contributed by atoms with E-state index in [9.17, 15) is 9.59 Å². The minimum atomic E-state index is -0.554. The zero-order chi connectivity index (χ0) is 13.9. The van der Waals surface area contributed by atoms with Gasteiger partial charge in [0.25, 0.3) is 0 Å². The Kier molecular flexibility index (Phi) is 4.59. The van der Waals surface area contributed by atoms with Crippen LogP contribution >= 0.6 is 0 Å². The second-order valence-corrected chi connectivity index (χ2v) is 5.60. The second kappa shape index (κ2) is 5.59. The monoisotopic (exact) mass is 257 g/mol. The van der Waals surface area contributed by atoms with Gasteiger partial charge in [-0.15, -0.1) is 0 Å². The van der Waals surface area contributed by atoms with E-state index in [0.717, 1.165) is 12.8 Å². The number of carbonyl (C=O) groups excluding carboxylic acids is 2. The predicted octanol–water partition coefficient (Wildman–Crippen LogP) is 2.20. The molecule has 5 heteroatoms. The summed E-state index contributed by atoms with van der Waals surface area (Å²) in [5.41, 5.74) is -0.554. The van der Waals surface area contributed by atoms with Gasteiger partial charge in [-0.25, -0.2) is 9.59 Å². The first-order valence-electron chi connectivity index (χ1n) is 6.37. The number of methoxy groups -OCH3 is 1. The summed E-state index contributed by atoms with van der Waals surface area (Å²) in [6.07, 6.45) is 1.23. The van der Waals surface area contributed by atoms with Gasteiger partial charge in [0.2, 0.25) is 0 Å². The Hall–Kier alpha value is -1.26. The quantitative estimate of drug-likeness (QED) is 0.712. The van der Waals surface area contributed by atoms with Gasteiger partial charge in [-0.2, -0.15) is 0 Å². The molecule has 5 nitrogen and oxygen atoms in total. The number of ether oxygens (including phenoxy) is 2. The van der Waals surface area contributed by atoms with Crippen molar-refractivity contribution in [2.24, 2.45) is 5.92 Å². The van der Waals surface area contributed by atoms with Gasteiger partial charge in [0.15, 0.2) is 0 Å². The molecular formula is C13H23NO4. The topological polar surface area (TPSA) is 55.8 Å². The fourth-order valence-corrected chi connectivity index (χ4v) is 2.25. The molecule has 0 bridgehead atoms. The van der Waals surface area contributed by atoms with E-state index in [1.165, 1.54) is 12.0 Å². The van der Waals surface area contributed by atoms with E-state index >= 15 is 0 Å². The first kappa shape index (κ1) is 14.8. The third-order valence-corrected chi connectivity index (χ3v) is 3.12. The molecule has 1 heterocycles. The van der Waals surface area contributed by atoms with E-state index < -0.39 is 17.7 Å². The van der Waals surface area contributed by atoms with Crippen LogP contribution < -0.4 is 0 Å². The first-order valence-corrected chi connectivity index (χ1v) is 6.37. The lowest BCUT2D eigenvalue weighted by molar-refractivity contribution is -0.147. The summed E-state index contributed by atoms with van der Waals surface area (Å²) in [5.74, 6) is -0.199. The molecule has 0 aromatic rings. The van der Waals surface area contributed by atoms with Crippen LogP contribution in [0.3, 0.4) is 0 Å². The molecule has 1 rings (SSSR count). The van der Waals surface area contributed by atoms with Gasteiger partial charge in [0, 0.05) is 6.54 Å². The standard InChI is InChI=1S/C13H23NO4/c1-6-9-7-8-14(10(9)11(15)17-5)12(16)18-13(2,3)4/h9-10H,6-8H2,1-5H3/t9-,10+/m0/s1. The first-order chi connectivity index (χ1) is 8.30. The van der Waals surface area contributed by atoms with Gasteiger partial charge in [-0.05, 0) is 33.1 Å². The highest BCUT2D eigenvalue weighted by Gasteiger charge is 2.43. The van der Waals surface area contributed by atoms with Gasteiger partial charge in [-0.3, -0.25) is 4.90 Å². The van der Waals surface area contributed by atoms with E-state index in [2.05, 4.69) is 0 Å². The molecule has 0 unspecified atom stereocenters. The minimum absolute atomic E-state index is 0.157. The van der Waals surface area contributed by atoms with Crippen molar-refractivity contribution in [3.05, 3.63) is 0 Å². The normalized spacial score (nSPS) is 23.9. The van der Waals surface area contributed by atoms with Crippen molar-refractivity contribution in [1.29, 1.82) is 0 Å². The highest BCUT2D eigenvalue weighted by atomic mass is 16.6.